The highest BCUT2D eigenvalue weighted by Crippen LogP contribution is 2.29. The highest BCUT2D eigenvalue weighted by atomic mass is 127. The van der Waals surface area contributed by atoms with Gasteiger partial charge in [-0.05, 0) is 70.1 Å². The van der Waals surface area contributed by atoms with E-state index >= 15 is 0 Å². The van der Waals surface area contributed by atoms with Crippen LogP contribution in [0.25, 0.3) is 0 Å². The lowest BCUT2D eigenvalue weighted by molar-refractivity contribution is -0.134. The van der Waals surface area contributed by atoms with Crippen molar-refractivity contribution in [3.8, 4) is 11.5 Å². The van der Waals surface area contributed by atoms with E-state index in [9.17, 15) is 18.8 Å². The Morgan fingerprint density at radius 2 is 1.81 bits per heavy atom. The van der Waals surface area contributed by atoms with Crippen molar-refractivity contribution in [2.75, 3.05) is 19.5 Å². The molecule has 0 aromatic heterocycles. The number of halogens is 2. The van der Waals surface area contributed by atoms with Gasteiger partial charge in [-0.2, -0.15) is 0 Å². The van der Waals surface area contributed by atoms with Crippen LogP contribution in [0.3, 0.4) is 0 Å². The Labute approximate surface area is 220 Å². The molecular weight excluding hydrogens is 580 g/mol. The highest BCUT2D eigenvalue weighted by Gasteiger charge is 2.45. The van der Waals surface area contributed by atoms with Gasteiger partial charge < -0.3 is 20.1 Å². The van der Waals surface area contributed by atoms with E-state index in [-0.39, 0.29) is 12.1 Å². The number of rotatable bonds is 8. The number of imide groups is 1. The van der Waals surface area contributed by atoms with Crippen LogP contribution in [-0.2, 0) is 16.0 Å². The molecule has 8 nitrogen and oxygen atoms in total. The lowest BCUT2D eigenvalue weighted by Crippen LogP contribution is -2.49. The number of anilines is 1. The van der Waals surface area contributed by atoms with Gasteiger partial charge in [0.25, 0.3) is 5.91 Å². The minimum atomic E-state index is -1.27. The molecule has 4 amide bonds. The number of ether oxygens (including phenoxy) is 2. The number of benzene rings is 3. The molecule has 2 atom stereocenters. The third-order valence-electron chi connectivity index (χ3n) is 5.83. The van der Waals surface area contributed by atoms with Crippen molar-refractivity contribution in [1.29, 1.82) is 0 Å². The van der Waals surface area contributed by atoms with E-state index in [1.54, 1.807) is 54.6 Å². The van der Waals surface area contributed by atoms with E-state index in [0.29, 0.717) is 26.2 Å². The first kappa shape index (κ1) is 25.4. The number of methoxy groups -OCH3 is 2. The number of para-hydroxylation sites is 1. The van der Waals surface area contributed by atoms with Crippen LogP contribution in [-0.4, -0.2) is 43.0 Å². The molecule has 10 heteroatoms. The van der Waals surface area contributed by atoms with Gasteiger partial charge in [-0.3, -0.25) is 9.59 Å². The van der Waals surface area contributed by atoms with Crippen LogP contribution in [0, 0.1) is 9.39 Å². The summed E-state index contributed by atoms with van der Waals surface area (Å²) in [6, 6.07) is 15.1. The number of nitrogens with zero attached hydrogens (tertiary/aromatic N) is 1. The van der Waals surface area contributed by atoms with E-state index in [2.05, 4.69) is 10.6 Å². The summed E-state index contributed by atoms with van der Waals surface area (Å²) in [5.41, 5.74) is 1.10. The van der Waals surface area contributed by atoms with E-state index in [1.807, 2.05) is 22.6 Å². The van der Waals surface area contributed by atoms with Crippen molar-refractivity contribution in [2.45, 2.75) is 18.5 Å². The molecule has 4 rings (SSSR count). The highest BCUT2D eigenvalue weighted by molar-refractivity contribution is 14.1. The molecule has 1 saturated heterocycles. The number of carbonyl (C=O) groups excluding carboxylic acids is 3. The largest absolute Gasteiger partial charge is 0.497 e. The fourth-order valence-electron chi connectivity index (χ4n) is 4.00. The van der Waals surface area contributed by atoms with E-state index in [4.69, 9.17) is 9.47 Å². The van der Waals surface area contributed by atoms with Crippen LogP contribution in [0.5, 0.6) is 11.5 Å². The Bertz CT molecular complexity index is 1300. The molecule has 36 heavy (non-hydrogen) atoms. The molecular formula is C26H23FIN3O5. The van der Waals surface area contributed by atoms with Crippen molar-refractivity contribution < 1.29 is 28.2 Å². The van der Waals surface area contributed by atoms with Gasteiger partial charge in [-0.15, -0.1) is 0 Å². The second-order valence-corrected chi connectivity index (χ2v) is 9.25. The first-order chi connectivity index (χ1) is 17.3. The maximum Gasteiger partial charge on any atom is 0.325 e. The molecule has 1 unspecified atom stereocenters. The molecule has 3 aromatic rings. The second kappa shape index (κ2) is 10.9. The fraction of sp³-hybridized carbons (Fsp3) is 0.192. The summed E-state index contributed by atoms with van der Waals surface area (Å²) in [6.07, 6.45) is -0.0314. The van der Waals surface area contributed by atoms with Gasteiger partial charge >= 0.3 is 6.03 Å². The summed E-state index contributed by atoms with van der Waals surface area (Å²) >= 11 is 1.96. The van der Waals surface area contributed by atoms with Gasteiger partial charge in [-0.25, -0.2) is 14.1 Å². The molecule has 0 saturated carbocycles. The predicted octanol–water partition coefficient (Wildman–Crippen LogP) is 4.29. The van der Waals surface area contributed by atoms with Crippen molar-refractivity contribution in [2.24, 2.45) is 0 Å². The van der Waals surface area contributed by atoms with Crippen LogP contribution in [0.4, 0.5) is 14.9 Å². The summed E-state index contributed by atoms with van der Waals surface area (Å²) in [6.45, 7) is 0. The Balaban J connectivity index is 1.67. The summed E-state index contributed by atoms with van der Waals surface area (Å²) in [5.74, 6) is -0.836. The van der Waals surface area contributed by atoms with Gasteiger partial charge in [-0.1, -0.05) is 30.3 Å². The molecule has 1 fully saturated rings. The second-order valence-electron chi connectivity index (χ2n) is 8.01. The van der Waals surface area contributed by atoms with Crippen LogP contribution in [0.15, 0.2) is 66.7 Å². The predicted molar refractivity (Wildman–Crippen MR) is 139 cm³/mol. The Hall–Kier alpha value is -3.67. The molecule has 1 aliphatic rings. The van der Waals surface area contributed by atoms with Crippen molar-refractivity contribution in [1.82, 2.24) is 10.2 Å². The van der Waals surface area contributed by atoms with Crippen LogP contribution in [0.2, 0.25) is 0 Å². The number of amides is 4. The van der Waals surface area contributed by atoms with Gasteiger partial charge in [0.15, 0.2) is 0 Å². The Morgan fingerprint density at radius 3 is 2.47 bits per heavy atom. The molecule has 0 radical (unpaired) electrons. The standard InChI is InChI=1S/C26H23FIN3O5/c1-35-18-10-7-15(8-11-18)23-25(33)31(26(34)30-23)21(13-16-5-3-4-6-22(16)36-2)24(32)29-20-12-9-17(28)14-19(20)27/h3-12,14,21,23H,13H2,1-2H3,(H,29,32)(H,30,34)/t21?,23-/m1/s1. The molecule has 0 spiro atoms. The average Bonchev–Trinajstić information content (AvgIpc) is 3.17. The van der Waals surface area contributed by atoms with E-state index in [0.717, 1.165) is 4.90 Å². The van der Waals surface area contributed by atoms with Crippen molar-refractivity contribution >= 4 is 46.1 Å². The lowest BCUT2D eigenvalue weighted by atomic mass is 10.0. The molecule has 0 bridgehead atoms. The molecule has 186 valence electrons. The topological polar surface area (TPSA) is 97.0 Å². The number of nitrogens with one attached hydrogen (secondary N) is 2. The third kappa shape index (κ3) is 5.27. The maximum absolute atomic E-state index is 14.5. The number of hydrogen-bond acceptors (Lipinski definition) is 5. The molecule has 3 aromatic carbocycles. The Morgan fingerprint density at radius 1 is 1.08 bits per heavy atom. The summed E-state index contributed by atoms with van der Waals surface area (Å²) < 4.78 is 25.7. The smallest absolute Gasteiger partial charge is 0.325 e. The molecule has 1 aliphatic heterocycles. The lowest BCUT2D eigenvalue weighted by Gasteiger charge is -2.25. The molecule has 2 N–H and O–H groups in total. The van der Waals surface area contributed by atoms with Crippen molar-refractivity contribution in [3.05, 3.63) is 87.2 Å². The van der Waals surface area contributed by atoms with Crippen LogP contribution < -0.4 is 20.1 Å². The SMILES string of the molecule is COc1ccc([C@H]2NC(=O)N(C(Cc3ccccc3OC)C(=O)Nc3ccc(I)cc3F)C2=O)cc1. The summed E-state index contributed by atoms with van der Waals surface area (Å²) in [4.78, 5) is 40.8. The zero-order chi connectivity index (χ0) is 25.8. The third-order valence-corrected chi connectivity index (χ3v) is 6.50. The van der Waals surface area contributed by atoms with Gasteiger partial charge in [0, 0.05) is 9.99 Å². The number of urea groups is 1. The zero-order valence-corrected chi connectivity index (χ0v) is 21.6. The normalized spacial score (nSPS) is 15.9. The summed E-state index contributed by atoms with van der Waals surface area (Å²) in [7, 11) is 3.01. The average molecular weight is 603 g/mol. The van der Waals surface area contributed by atoms with E-state index < -0.39 is 35.7 Å². The van der Waals surface area contributed by atoms with Gasteiger partial charge in [0.2, 0.25) is 5.91 Å². The Kier molecular flexibility index (Phi) is 7.73. The van der Waals surface area contributed by atoms with Gasteiger partial charge in [0.1, 0.15) is 29.4 Å². The van der Waals surface area contributed by atoms with Gasteiger partial charge in [0.05, 0.1) is 19.9 Å². The van der Waals surface area contributed by atoms with Crippen molar-refractivity contribution in [3.63, 3.8) is 0 Å². The fourth-order valence-corrected chi connectivity index (χ4v) is 4.45. The first-order valence-corrected chi connectivity index (χ1v) is 12.1. The van der Waals surface area contributed by atoms with Crippen LogP contribution >= 0.6 is 22.6 Å². The zero-order valence-electron chi connectivity index (χ0n) is 19.5. The quantitative estimate of drug-likeness (QED) is 0.296. The number of hydrogen-bond donors (Lipinski definition) is 2. The maximum atomic E-state index is 14.5. The van der Waals surface area contributed by atoms with Crippen LogP contribution in [0.1, 0.15) is 17.2 Å². The van der Waals surface area contributed by atoms with E-state index in [1.165, 1.54) is 26.4 Å². The summed E-state index contributed by atoms with van der Waals surface area (Å²) in [5, 5.41) is 5.18. The molecule has 1 heterocycles. The molecule has 0 aliphatic carbocycles. The minimum absolute atomic E-state index is 0.0314. The minimum Gasteiger partial charge on any atom is -0.497 e. The first-order valence-electron chi connectivity index (χ1n) is 11.0. The number of carbonyl (C=O) groups is 3. The monoisotopic (exact) mass is 603 g/mol.